The van der Waals surface area contributed by atoms with E-state index in [4.69, 9.17) is 18.9 Å². The molecule has 11 heteroatoms. The van der Waals surface area contributed by atoms with Crippen molar-refractivity contribution in [3.8, 4) is 0 Å². The van der Waals surface area contributed by atoms with Crippen LogP contribution in [0.15, 0.2) is 0 Å². The number of alkyl halides is 2. The quantitative estimate of drug-likeness (QED) is 0.418. The number of rotatable bonds is 5. The SMILES string of the molecule is CC(=O)OC1C2OC(=O)C3C2OC1C3C(=O)OC(C)(C)C(F)(F)C(=O)[O-]. The second-order valence-corrected chi connectivity index (χ2v) is 6.89. The Morgan fingerprint density at radius 2 is 1.77 bits per heavy atom. The molecule has 3 fully saturated rings. The largest absolute Gasteiger partial charge is 0.544 e. The highest BCUT2D eigenvalue weighted by molar-refractivity contribution is 5.87. The van der Waals surface area contributed by atoms with E-state index in [-0.39, 0.29) is 0 Å². The van der Waals surface area contributed by atoms with Crippen molar-refractivity contribution in [3.05, 3.63) is 0 Å². The molecule has 0 aliphatic carbocycles. The Morgan fingerprint density at radius 1 is 1.15 bits per heavy atom. The van der Waals surface area contributed by atoms with Crippen LogP contribution >= 0.6 is 0 Å². The highest BCUT2D eigenvalue weighted by Gasteiger charge is 2.72. The maximum atomic E-state index is 13.7. The first-order valence-corrected chi connectivity index (χ1v) is 7.74. The molecule has 3 aliphatic heterocycles. The fourth-order valence-electron chi connectivity index (χ4n) is 3.56. The molecule has 3 rings (SSSR count). The number of carbonyl (C=O) groups is 4. The van der Waals surface area contributed by atoms with Gasteiger partial charge in [0.1, 0.15) is 30.0 Å². The van der Waals surface area contributed by atoms with E-state index in [2.05, 4.69) is 0 Å². The molecule has 0 amide bonds. The van der Waals surface area contributed by atoms with Crippen LogP contribution in [0.5, 0.6) is 0 Å². The zero-order valence-corrected chi connectivity index (χ0v) is 13.9. The van der Waals surface area contributed by atoms with Crippen LogP contribution < -0.4 is 5.11 Å². The summed E-state index contributed by atoms with van der Waals surface area (Å²) in [5.74, 6) is -12.4. The van der Waals surface area contributed by atoms with Gasteiger partial charge >= 0.3 is 23.8 Å². The van der Waals surface area contributed by atoms with Crippen molar-refractivity contribution in [3.63, 3.8) is 0 Å². The van der Waals surface area contributed by atoms with Crippen molar-refractivity contribution in [2.75, 3.05) is 0 Å². The molecule has 0 N–H and O–H groups in total. The number of aliphatic carboxylic acids is 1. The van der Waals surface area contributed by atoms with Gasteiger partial charge in [-0.1, -0.05) is 0 Å². The third kappa shape index (κ3) is 2.44. The molecule has 0 aromatic rings. The van der Waals surface area contributed by atoms with E-state index in [9.17, 15) is 33.1 Å². The van der Waals surface area contributed by atoms with Crippen molar-refractivity contribution in [1.29, 1.82) is 0 Å². The molecule has 9 nitrogen and oxygen atoms in total. The first-order chi connectivity index (χ1) is 11.9. The Bertz CT molecular complexity index is 689. The van der Waals surface area contributed by atoms with E-state index in [0.717, 1.165) is 6.92 Å². The summed E-state index contributed by atoms with van der Waals surface area (Å²) in [6.45, 7) is 2.51. The van der Waals surface area contributed by atoms with Crippen LogP contribution in [0, 0.1) is 11.8 Å². The maximum Gasteiger partial charge on any atom is 0.325 e. The molecule has 3 heterocycles. The minimum absolute atomic E-state index is 0.702. The molecular weight excluding hydrogens is 362 g/mol. The summed E-state index contributed by atoms with van der Waals surface area (Å²) in [5, 5.41) is 10.6. The molecule has 0 spiro atoms. The van der Waals surface area contributed by atoms with E-state index in [0.29, 0.717) is 13.8 Å². The van der Waals surface area contributed by atoms with Crippen LogP contribution in [0.1, 0.15) is 20.8 Å². The smallest absolute Gasteiger partial charge is 0.325 e. The molecule has 144 valence electrons. The minimum Gasteiger partial charge on any atom is -0.544 e. The van der Waals surface area contributed by atoms with Crippen molar-refractivity contribution in [2.24, 2.45) is 11.8 Å². The molecule has 0 saturated carbocycles. The van der Waals surface area contributed by atoms with Crippen LogP contribution in [0.4, 0.5) is 8.78 Å². The fourth-order valence-corrected chi connectivity index (χ4v) is 3.56. The monoisotopic (exact) mass is 377 g/mol. The molecule has 6 atom stereocenters. The molecule has 3 aliphatic rings. The van der Waals surface area contributed by atoms with Gasteiger partial charge in [-0.15, -0.1) is 0 Å². The molecule has 26 heavy (non-hydrogen) atoms. The molecule has 0 aromatic heterocycles. The number of hydrogen-bond acceptors (Lipinski definition) is 9. The average Bonchev–Trinajstić information content (AvgIpc) is 3.09. The first-order valence-electron chi connectivity index (χ1n) is 7.74. The van der Waals surface area contributed by atoms with E-state index in [1.165, 1.54) is 0 Å². The summed E-state index contributed by atoms with van der Waals surface area (Å²) in [6, 6.07) is 0. The van der Waals surface area contributed by atoms with Crippen molar-refractivity contribution < 1.29 is 52.0 Å². The topological polar surface area (TPSA) is 128 Å². The third-order valence-corrected chi connectivity index (χ3v) is 4.85. The van der Waals surface area contributed by atoms with Gasteiger partial charge in [0.15, 0.2) is 17.8 Å². The highest BCUT2D eigenvalue weighted by Crippen LogP contribution is 2.52. The Labute approximate surface area is 145 Å². The van der Waals surface area contributed by atoms with Crippen molar-refractivity contribution in [2.45, 2.75) is 56.7 Å². The molecule has 0 radical (unpaired) electrons. The lowest BCUT2D eigenvalue weighted by Crippen LogP contribution is -2.58. The second kappa shape index (κ2) is 5.60. The number of halogens is 2. The number of fused-ring (bicyclic) bond motifs is 1. The predicted molar refractivity (Wildman–Crippen MR) is 71.2 cm³/mol. The molecule has 2 bridgehead atoms. The Hall–Kier alpha value is -2.30. The number of esters is 3. The van der Waals surface area contributed by atoms with E-state index < -0.39 is 71.7 Å². The van der Waals surface area contributed by atoms with Gasteiger partial charge in [0, 0.05) is 6.92 Å². The lowest BCUT2D eigenvalue weighted by molar-refractivity contribution is -0.342. The van der Waals surface area contributed by atoms with Crippen LogP contribution in [-0.4, -0.2) is 59.8 Å². The van der Waals surface area contributed by atoms with Gasteiger partial charge in [-0.2, -0.15) is 8.78 Å². The van der Waals surface area contributed by atoms with Crippen molar-refractivity contribution in [1.82, 2.24) is 0 Å². The molecule has 3 saturated heterocycles. The van der Waals surface area contributed by atoms with Gasteiger partial charge in [0.2, 0.25) is 0 Å². The Kier molecular flexibility index (Phi) is 3.98. The van der Waals surface area contributed by atoms with Gasteiger partial charge < -0.3 is 28.8 Å². The van der Waals surface area contributed by atoms with E-state index >= 15 is 0 Å². The summed E-state index contributed by atoms with van der Waals surface area (Å²) in [5.41, 5.74) is -2.75. The van der Waals surface area contributed by atoms with Gasteiger partial charge in [-0.3, -0.25) is 14.4 Å². The predicted octanol–water partition coefficient (Wildman–Crippen LogP) is -1.44. The number of carbonyl (C=O) groups excluding carboxylic acids is 4. The number of hydrogen-bond donors (Lipinski definition) is 0. The van der Waals surface area contributed by atoms with Crippen LogP contribution in [0.2, 0.25) is 0 Å². The minimum atomic E-state index is -4.48. The highest BCUT2D eigenvalue weighted by atomic mass is 19.3. The lowest BCUT2D eigenvalue weighted by atomic mass is 9.78. The second-order valence-electron chi connectivity index (χ2n) is 6.89. The molecule has 6 unspecified atom stereocenters. The normalized spacial score (nSPS) is 35.2. The van der Waals surface area contributed by atoms with Gasteiger partial charge in [0.05, 0.1) is 0 Å². The summed E-state index contributed by atoms with van der Waals surface area (Å²) in [7, 11) is 0. The average molecular weight is 377 g/mol. The molecular formula is C15H15F2O9-. The maximum absolute atomic E-state index is 13.7. The van der Waals surface area contributed by atoms with E-state index in [1.54, 1.807) is 0 Å². The summed E-state index contributed by atoms with van der Waals surface area (Å²) in [6.07, 6.45) is -3.96. The van der Waals surface area contributed by atoms with Crippen LogP contribution in [-0.2, 0) is 38.1 Å². The van der Waals surface area contributed by atoms with E-state index in [1.807, 2.05) is 0 Å². The number of carboxylic acids is 1. The zero-order valence-electron chi connectivity index (χ0n) is 13.9. The fraction of sp³-hybridized carbons (Fsp3) is 0.733. The van der Waals surface area contributed by atoms with Gasteiger partial charge in [0.25, 0.3) is 0 Å². The molecule has 0 aromatic carbocycles. The van der Waals surface area contributed by atoms with Crippen LogP contribution in [0.25, 0.3) is 0 Å². The van der Waals surface area contributed by atoms with Gasteiger partial charge in [-0.05, 0) is 13.8 Å². The Morgan fingerprint density at radius 3 is 2.31 bits per heavy atom. The van der Waals surface area contributed by atoms with Crippen molar-refractivity contribution >= 4 is 23.9 Å². The number of ether oxygens (including phenoxy) is 4. The first kappa shape index (κ1) is 18.5. The standard InChI is InChI=1S/C15H16F2O9/c1-4(18)23-9-8-6(5-7(24-8)10(9)25-11(5)19)12(20)26-14(2,3)15(16,17)13(21)22/h5-10H,1-3H3,(H,21,22)/p-1. The Balaban J connectivity index is 1.84. The van der Waals surface area contributed by atoms with Crippen LogP contribution in [0.3, 0.4) is 0 Å². The summed E-state index contributed by atoms with van der Waals surface area (Å²) in [4.78, 5) is 46.4. The number of carboxylic acid groups (broad SMARTS) is 1. The summed E-state index contributed by atoms with van der Waals surface area (Å²) >= 11 is 0. The summed E-state index contributed by atoms with van der Waals surface area (Å²) < 4.78 is 47.8. The third-order valence-electron chi connectivity index (χ3n) is 4.85. The lowest BCUT2D eigenvalue weighted by Gasteiger charge is -2.36. The van der Waals surface area contributed by atoms with Gasteiger partial charge in [-0.25, -0.2) is 0 Å². The zero-order chi connectivity index (χ0) is 19.6.